The van der Waals surface area contributed by atoms with Gasteiger partial charge in [-0.05, 0) is 37.5 Å². The number of hydrogen-bond acceptors (Lipinski definition) is 3. The van der Waals surface area contributed by atoms with Gasteiger partial charge < -0.3 is 5.11 Å². The number of aryl methyl sites for hydroxylation is 1. The van der Waals surface area contributed by atoms with Crippen LogP contribution in [0.4, 0.5) is 0 Å². The number of nitrogens with one attached hydrogen (secondary N) is 1. The van der Waals surface area contributed by atoms with E-state index in [0.29, 0.717) is 17.9 Å². The first-order valence-corrected chi connectivity index (χ1v) is 8.17. The zero-order valence-corrected chi connectivity index (χ0v) is 12.4. The number of benzene rings is 1. The zero-order chi connectivity index (χ0) is 14.1. The van der Waals surface area contributed by atoms with Gasteiger partial charge in [0.1, 0.15) is 0 Å². The normalized spacial score (nSPS) is 18.7. The Kier molecular flexibility index (Phi) is 4.20. The van der Waals surface area contributed by atoms with Crippen LogP contribution in [-0.2, 0) is 10.0 Å². The SMILES string of the molecule is Cc1ccc(S(=O)(=O)NCC2(O)CCCC2)cc1Cl. The van der Waals surface area contributed by atoms with Crippen LogP contribution in [0, 0.1) is 6.92 Å². The zero-order valence-electron chi connectivity index (χ0n) is 10.8. The lowest BCUT2D eigenvalue weighted by molar-refractivity contribution is 0.0532. The van der Waals surface area contributed by atoms with Gasteiger partial charge in [-0.3, -0.25) is 0 Å². The van der Waals surface area contributed by atoms with Crippen molar-refractivity contribution in [3.63, 3.8) is 0 Å². The third-order valence-electron chi connectivity index (χ3n) is 3.58. The quantitative estimate of drug-likeness (QED) is 0.896. The van der Waals surface area contributed by atoms with E-state index in [2.05, 4.69) is 4.72 Å². The lowest BCUT2D eigenvalue weighted by Crippen LogP contribution is -2.40. The fourth-order valence-electron chi connectivity index (χ4n) is 2.26. The monoisotopic (exact) mass is 303 g/mol. The van der Waals surface area contributed by atoms with Gasteiger partial charge in [-0.1, -0.05) is 30.5 Å². The smallest absolute Gasteiger partial charge is 0.240 e. The fraction of sp³-hybridized carbons (Fsp3) is 0.538. The molecule has 0 bridgehead atoms. The van der Waals surface area contributed by atoms with Crippen molar-refractivity contribution in [1.29, 1.82) is 0 Å². The van der Waals surface area contributed by atoms with E-state index in [1.165, 1.54) is 12.1 Å². The summed E-state index contributed by atoms with van der Waals surface area (Å²) in [5.74, 6) is 0. The van der Waals surface area contributed by atoms with E-state index in [-0.39, 0.29) is 11.4 Å². The Balaban J connectivity index is 2.11. The van der Waals surface area contributed by atoms with E-state index >= 15 is 0 Å². The highest BCUT2D eigenvalue weighted by molar-refractivity contribution is 7.89. The van der Waals surface area contributed by atoms with Crippen LogP contribution in [0.3, 0.4) is 0 Å². The van der Waals surface area contributed by atoms with Crippen LogP contribution in [0.25, 0.3) is 0 Å². The van der Waals surface area contributed by atoms with E-state index in [9.17, 15) is 13.5 Å². The van der Waals surface area contributed by atoms with Crippen LogP contribution in [0.1, 0.15) is 31.2 Å². The van der Waals surface area contributed by atoms with Crippen molar-refractivity contribution >= 4 is 21.6 Å². The van der Waals surface area contributed by atoms with Crippen LogP contribution in [0.15, 0.2) is 23.1 Å². The summed E-state index contributed by atoms with van der Waals surface area (Å²) >= 11 is 5.93. The molecular weight excluding hydrogens is 286 g/mol. The van der Waals surface area contributed by atoms with Gasteiger partial charge in [0.15, 0.2) is 0 Å². The van der Waals surface area contributed by atoms with Crippen molar-refractivity contribution in [2.45, 2.75) is 43.1 Å². The molecule has 0 saturated heterocycles. The highest BCUT2D eigenvalue weighted by Gasteiger charge is 2.32. The molecule has 1 aromatic rings. The Hall–Kier alpha value is -0.620. The van der Waals surface area contributed by atoms with Crippen molar-refractivity contribution in [3.8, 4) is 0 Å². The van der Waals surface area contributed by atoms with Crippen molar-refractivity contribution in [3.05, 3.63) is 28.8 Å². The average Bonchev–Trinajstić information content (AvgIpc) is 2.78. The molecule has 0 unspecified atom stereocenters. The lowest BCUT2D eigenvalue weighted by Gasteiger charge is -2.22. The Labute approximate surface area is 118 Å². The Morgan fingerprint density at radius 2 is 2.00 bits per heavy atom. The summed E-state index contributed by atoms with van der Waals surface area (Å²) in [5, 5.41) is 10.6. The Bertz CT molecular complexity index is 565. The second-order valence-corrected chi connectivity index (χ2v) is 7.34. The number of sulfonamides is 1. The average molecular weight is 304 g/mol. The molecule has 1 fully saturated rings. The highest BCUT2D eigenvalue weighted by Crippen LogP contribution is 2.29. The molecule has 0 heterocycles. The summed E-state index contributed by atoms with van der Waals surface area (Å²) in [5.41, 5.74) is -0.0725. The second-order valence-electron chi connectivity index (χ2n) is 5.17. The predicted molar refractivity (Wildman–Crippen MR) is 74.8 cm³/mol. The van der Waals surface area contributed by atoms with E-state index in [0.717, 1.165) is 18.4 Å². The van der Waals surface area contributed by atoms with Gasteiger partial charge >= 0.3 is 0 Å². The molecule has 1 aliphatic rings. The van der Waals surface area contributed by atoms with Crippen molar-refractivity contribution in [2.75, 3.05) is 6.54 Å². The van der Waals surface area contributed by atoms with E-state index in [1.54, 1.807) is 6.07 Å². The molecule has 1 aromatic carbocycles. The first kappa shape index (κ1) is 14.8. The molecule has 106 valence electrons. The minimum Gasteiger partial charge on any atom is -0.389 e. The number of aliphatic hydroxyl groups is 1. The molecule has 1 saturated carbocycles. The molecule has 2 N–H and O–H groups in total. The molecule has 4 nitrogen and oxygen atoms in total. The molecule has 0 spiro atoms. The topological polar surface area (TPSA) is 66.4 Å². The minimum absolute atomic E-state index is 0.0564. The predicted octanol–water partition coefficient (Wildman–Crippen LogP) is 2.23. The minimum atomic E-state index is -3.62. The van der Waals surface area contributed by atoms with Gasteiger partial charge in [-0.2, -0.15) is 0 Å². The van der Waals surface area contributed by atoms with Crippen LogP contribution in [0.2, 0.25) is 5.02 Å². The number of hydrogen-bond donors (Lipinski definition) is 2. The molecule has 0 radical (unpaired) electrons. The molecule has 0 amide bonds. The lowest BCUT2D eigenvalue weighted by atomic mass is 10.0. The van der Waals surface area contributed by atoms with E-state index < -0.39 is 15.6 Å². The van der Waals surface area contributed by atoms with Crippen molar-refractivity contribution in [2.24, 2.45) is 0 Å². The molecule has 2 rings (SSSR count). The Morgan fingerprint density at radius 3 is 2.58 bits per heavy atom. The van der Waals surface area contributed by atoms with Crippen LogP contribution in [-0.4, -0.2) is 25.7 Å². The Morgan fingerprint density at radius 1 is 1.37 bits per heavy atom. The standard InChI is InChI=1S/C13H18ClNO3S/c1-10-4-5-11(8-12(10)14)19(17,18)15-9-13(16)6-2-3-7-13/h4-5,8,15-16H,2-3,6-7,9H2,1H3. The molecule has 0 aliphatic heterocycles. The van der Waals surface area contributed by atoms with Crippen LogP contribution < -0.4 is 4.72 Å². The molecule has 6 heteroatoms. The summed E-state index contributed by atoms with van der Waals surface area (Å²) in [6, 6.07) is 4.61. The highest BCUT2D eigenvalue weighted by atomic mass is 35.5. The summed E-state index contributed by atoms with van der Waals surface area (Å²) in [6.45, 7) is 1.87. The van der Waals surface area contributed by atoms with Gasteiger partial charge in [0.05, 0.1) is 10.5 Å². The maximum absolute atomic E-state index is 12.1. The fourth-order valence-corrected chi connectivity index (χ4v) is 3.65. The van der Waals surface area contributed by atoms with E-state index in [1.807, 2.05) is 6.92 Å². The van der Waals surface area contributed by atoms with Crippen LogP contribution in [0.5, 0.6) is 0 Å². The maximum atomic E-state index is 12.1. The summed E-state index contributed by atoms with van der Waals surface area (Å²) in [6.07, 6.45) is 3.16. The van der Waals surface area contributed by atoms with E-state index in [4.69, 9.17) is 11.6 Å². The number of rotatable bonds is 4. The maximum Gasteiger partial charge on any atom is 0.240 e. The second kappa shape index (κ2) is 5.40. The van der Waals surface area contributed by atoms with Gasteiger partial charge in [0.2, 0.25) is 10.0 Å². The van der Waals surface area contributed by atoms with Crippen molar-refractivity contribution in [1.82, 2.24) is 4.72 Å². The van der Waals surface area contributed by atoms with Gasteiger partial charge in [0, 0.05) is 11.6 Å². The third-order valence-corrected chi connectivity index (χ3v) is 5.39. The van der Waals surface area contributed by atoms with Gasteiger partial charge in [0.25, 0.3) is 0 Å². The summed E-state index contributed by atoms with van der Waals surface area (Å²) < 4.78 is 26.7. The summed E-state index contributed by atoms with van der Waals surface area (Å²) in [7, 11) is -3.62. The molecule has 0 aromatic heterocycles. The molecule has 0 atom stereocenters. The van der Waals surface area contributed by atoms with Crippen molar-refractivity contribution < 1.29 is 13.5 Å². The largest absolute Gasteiger partial charge is 0.389 e. The van der Waals surface area contributed by atoms with Crippen LogP contribution >= 0.6 is 11.6 Å². The molecule has 1 aliphatic carbocycles. The van der Waals surface area contributed by atoms with Gasteiger partial charge in [-0.15, -0.1) is 0 Å². The van der Waals surface area contributed by atoms with Gasteiger partial charge in [-0.25, -0.2) is 13.1 Å². The summed E-state index contributed by atoms with van der Waals surface area (Å²) in [4.78, 5) is 0.129. The molecular formula is C13H18ClNO3S. The first-order chi connectivity index (χ1) is 8.82. The molecule has 19 heavy (non-hydrogen) atoms. The number of halogens is 1. The first-order valence-electron chi connectivity index (χ1n) is 6.31. The third kappa shape index (κ3) is 3.48.